The molecule has 7 heteroatoms. The molecule has 0 spiro atoms. The molecule has 28 heavy (non-hydrogen) atoms. The molecule has 1 amide bonds. The van der Waals surface area contributed by atoms with Crippen LogP contribution in [-0.4, -0.2) is 57.8 Å². The maximum absolute atomic E-state index is 13.9. The van der Waals surface area contributed by atoms with Gasteiger partial charge in [0.05, 0.1) is 19.3 Å². The van der Waals surface area contributed by atoms with Crippen LogP contribution in [0.2, 0.25) is 0 Å². The Labute approximate surface area is 163 Å². The first-order chi connectivity index (χ1) is 13.5. The largest absolute Gasteiger partial charge is 0.379 e. The minimum Gasteiger partial charge on any atom is -0.379 e. The maximum Gasteiger partial charge on any atom is 0.257 e. The van der Waals surface area contributed by atoms with Crippen molar-refractivity contribution in [3.63, 3.8) is 0 Å². The SMILES string of the molecule is CN(C)c1ccc([C@@H](CNC(=O)c2c(F)cccc2F)N2CCOCC2)cc1. The van der Waals surface area contributed by atoms with Crippen LogP contribution in [0.5, 0.6) is 0 Å². The molecule has 1 atom stereocenters. The van der Waals surface area contributed by atoms with Crippen LogP contribution in [0, 0.1) is 11.6 Å². The third-order valence-corrected chi connectivity index (χ3v) is 4.93. The average Bonchev–Trinajstić information content (AvgIpc) is 2.69. The number of hydrogen-bond acceptors (Lipinski definition) is 4. The normalized spacial score (nSPS) is 15.9. The lowest BCUT2D eigenvalue weighted by molar-refractivity contribution is 0.0162. The predicted molar refractivity (Wildman–Crippen MR) is 105 cm³/mol. The fraction of sp³-hybridized carbons (Fsp3) is 0.381. The van der Waals surface area contributed by atoms with Gasteiger partial charge in [-0.15, -0.1) is 0 Å². The topological polar surface area (TPSA) is 44.8 Å². The molecule has 3 rings (SSSR count). The zero-order valence-electron chi connectivity index (χ0n) is 16.1. The number of ether oxygens (including phenoxy) is 1. The van der Waals surface area contributed by atoms with Crippen LogP contribution in [0.3, 0.4) is 0 Å². The predicted octanol–water partition coefficient (Wildman–Crippen LogP) is 2.83. The van der Waals surface area contributed by atoms with Gasteiger partial charge in [-0.25, -0.2) is 8.78 Å². The smallest absolute Gasteiger partial charge is 0.257 e. The number of amides is 1. The number of nitrogens with zero attached hydrogens (tertiary/aromatic N) is 2. The maximum atomic E-state index is 13.9. The summed E-state index contributed by atoms with van der Waals surface area (Å²) in [5.41, 5.74) is 1.55. The van der Waals surface area contributed by atoms with Gasteiger partial charge in [0.15, 0.2) is 0 Å². The van der Waals surface area contributed by atoms with Crippen molar-refractivity contribution in [2.45, 2.75) is 6.04 Å². The fourth-order valence-corrected chi connectivity index (χ4v) is 3.33. The average molecular weight is 389 g/mol. The molecule has 0 bridgehead atoms. The lowest BCUT2D eigenvalue weighted by Crippen LogP contribution is -2.44. The standard InChI is InChI=1S/C21H25F2N3O2/c1-25(2)16-8-6-15(7-9-16)19(26-10-12-28-13-11-26)14-24-21(27)20-17(22)4-3-5-18(20)23/h3-9,19H,10-14H2,1-2H3,(H,24,27)/t19-/m1/s1. The summed E-state index contributed by atoms with van der Waals surface area (Å²) in [5.74, 6) is -2.48. The zero-order valence-corrected chi connectivity index (χ0v) is 16.1. The Hall–Kier alpha value is -2.51. The molecule has 0 radical (unpaired) electrons. The van der Waals surface area contributed by atoms with E-state index in [4.69, 9.17) is 4.74 Å². The van der Waals surface area contributed by atoms with Crippen molar-refractivity contribution in [2.24, 2.45) is 0 Å². The summed E-state index contributed by atoms with van der Waals surface area (Å²) in [4.78, 5) is 16.6. The molecule has 0 saturated carbocycles. The zero-order chi connectivity index (χ0) is 20.1. The van der Waals surface area contributed by atoms with Gasteiger partial charge < -0.3 is 15.0 Å². The first kappa shape index (κ1) is 20.2. The Morgan fingerprint density at radius 1 is 1.11 bits per heavy atom. The van der Waals surface area contributed by atoms with E-state index in [1.54, 1.807) is 0 Å². The van der Waals surface area contributed by atoms with Crippen molar-refractivity contribution in [1.82, 2.24) is 10.2 Å². The lowest BCUT2D eigenvalue weighted by atomic mass is 10.0. The molecule has 2 aromatic carbocycles. The van der Waals surface area contributed by atoms with Gasteiger partial charge in [0.2, 0.25) is 0 Å². The van der Waals surface area contributed by atoms with Gasteiger partial charge in [-0.1, -0.05) is 18.2 Å². The van der Waals surface area contributed by atoms with Gasteiger partial charge >= 0.3 is 0 Å². The summed E-state index contributed by atoms with van der Waals surface area (Å²) in [6, 6.07) is 11.4. The van der Waals surface area contributed by atoms with Crippen LogP contribution in [0.4, 0.5) is 14.5 Å². The minimum atomic E-state index is -0.865. The minimum absolute atomic E-state index is 0.112. The molecule has 1 N–H and O–H groups in total. The summed E-state index contributed by atoms with van der Waals surface area (Å²) in [5, 5.41) is 2.70. The number of carbonyl (C=O) groups excluding carboxylic acids is 1. The summed E-state index contributed by atoms with van der Waals surface area (Å²) in [6.45, 7) is 2.92. The number of hydrogen-bond donors (Lipinski definition) is 1. The Morgan fingerprint density at radius 2 is 1.71 bits per heavy atom. The van der Waals surface area contributed by atoms with E-state index in [1.165, 1.54) is 6.07 Å². The van der Waals surface area contributed by atoms with Gasteiger partial charge in [-0.2, -0.15) is 0 Å². The van der Waals surface area contributed by atoms with Gasteiger partial charge in [0, 0.05) is 39.4 Å². The van der Waals surface area contributed by atoms with Crippen LogP contribution in [0.1, 0.15) is 22.0 Å². The second-order valence-corrected chi connectivity index (χ2v) is 6.96. The number of halogens is 2. The number of rotatable bonds is 6. The molecule has 1 aliphatic rings. The van der Waals surface area contributed by atoms with Crippen LogP contribution in [-0.2, 0) is 4.74 Å². The van der Waals surface area contributed by atoms with Gasteiger partial charge in [-0.3, -0.25) is 9.69 Å². The molecule has 0 unspecified atom stereocenters. The van der Waals surface area contributed by atoms with Crippen molar-refractivity contribution >= 4 is 11.6 Å². The highest BCUT2D eigenvalue weighted by molar-refractivity contribution is 5.94. The Bertz CT molecular complexity index is 786. The van der Waals surface area contributed by atoms with Crippen molar-refractivity contribution in [3.05, 3.63) is 65.2 Å². The van der Waals surface area contributed by atoms with E-state index in [1.807, 2.05) is 43.3 Å². The fourth-order valence-electron chi connectivity index (χ4n) is 3.33. The van der Waals surface area contributed by atoms with E-state index >= 15 is 0 Å². The first-order valence-corrected chi connectivity index (χ1v) is 9.28. The molecule has 2 aromatic rings. The van der Waals surface area contributed by atoms with E-state index in [9.17, 15) is 13.6 Å². The van der Waals surface area contributed by atoms with E-state index in [0.29, 0.717) is 13.2 Å². The number of nitrogens with one attached hydrogen (secondary N) is 1. The third-order valence-electron chi connectivity index (χ3n) is 4.93. The highest BCUT2D eigenvalue weighted by Gasteiger charge is 2.25. The lowest BCUT2D eigenvalue weighted by Gasteiger charge is -2.35. The monoisotopic (exact) mass is 389 g/mol. The molecule has 0 aliphatic carbocycles. The van der Waals surface area contributed by atoms with Crippen LogP contribution in [0.25, 0.3) is 0 Å². The van der Waals surface area contributed by atoms with Crippen molar-refractivity contribution in [2.75, 3.05) is 51.8 Å². The summed E-state index contributed by atoms with van der Waals surface area (Å²) in [6.07, 6.45) is 0. The number of anilines is 1. The summed E-state index contributed by atoms with van der Waals surface area (Å²) >= 11 is 0. The Kier molecular flexibility index (Phi) is 6.59. The molecule has 150 valence electrons. The van der Waals surface area contributed by atoms with E-state index < -0.39 is 23.1 Å². The Balaban J connectivity index is 1.78. The second kappa shape index (κ2) is 9.12. The van der Waals surface area contributed by atoms with Crippen molar-refractivity contribution in [1.29, 1.82) is 0 Å². The molecule has 1 aliphatic heterocycles. The molecule has 1 saturated heterocycles. The van der Waals surface area contributed by atoms with Gasteiger partial charge in [0.1, 0.15) is 17.2 Å². The number of benzene rings is 2. The van der Waals surface area contributed by atoms with E-state index in [2.05, 4.69) is 10.2 Å². The highest BCUT2D eigenvalue weighted by atomic mass is 19.1. The van der Waals surface area contributed by atoms with Crippen LogP contribution in [0.15, 0.2) is 42.5 Å². The van der Waals surface area contributed by atoms with E-state index in [-0.39, 0.29) is 12.6 Å². The highest BCUT2D eigenvalue weighted by Crippen LogP contribution is 2.24. The van der Waals surface area contributed by atoms with Gasteiger partial charge in [0.25, 0.3) is 5.91 Å². The van der Waals surface area contributed by atoms with E-state index in [0.717, 1.165) is 36.5 Å². The molecular weight excluding hydrogens is 364 g/mol. The van der Waals surface area contributed by atoms with Crippen molar-refractivity contribution in [3.8, 4) is 0 Å². The molecular formula is C21H25F2N3O2. The summed E-state index contributed by atoms with van der Waals surface area (Å²) < 4.78 is 33.2. The second-order valence-electron chi connectivity index (χ2n) is 6.96. The third kappa shape index (κ3) is 4.66. The van der Waals surface area contributed by atoms with Crippen LogP contribution < -0.4 is 10.2 Å². The molecule has 5 nitrogen and oxygen atoms in total. The first-order valence-electron chi connectivity index (χ1n) is 9.28. The number of carbonyl (C=O) groups is 1. The number of morpholine rings is 1. The van der Waals surface area contributed by atoms with Gasteiger partial charge in [-0.05, 0) is 29.8 Å². The van der Waals surface area contributed by atoms with Crippen molar-refractivity contribution < 1.29 is 18.3 Å². The molecule has 1 fully saturated rings. The Morgan fingerprint density at radius 3 is 2.29 bits per heavy atom. The molecule has 0 aromatic heterocycles. The quantitative estimate of drug-likeness (QED) is 0.825. The van der Waals surface area contributed by atoms with Crippen LogP contribution >= 0.6 is 0 Å². The molecule has 1 heterocycles. The summed E-state index contributed by atoms with van der Waals surface area (Å²) in [7, 11) is 3.94.